The summed E-state index contributed by atoms with van der Waals surface area (Å²) in [5, 5.41) is 12.7. The molecule has 2 saturated carbocycles. The number of nitrogens with zero attached hydrogens (tertiary/aromatic N) is 1. The van der Waals surface area contributed by atoms with Crippen molar-refractivity contribution in [2.45, 2.75) is 63.2 Å². The van der Waals surface area contributed by atoms with Crippen molar-refractivity contribution in [2.24, 2.45) is 0 Å². The third-order valence-electron chi connectivity index (χ3n) is 5.57. The number of ether oxygens (including phenoxy) is 2. The van der Waals surface area contributed by atoms with Crippen LogP contribution < -0.4 is 10.6 Å². The molecule has 0 radical (unpaired) electrons. The van der Waals surface area contributed by atoms with Crippen LogP contribution in [-0.4, -0.2) is 34.5 Å². The Morgan fingerprint density at radius 2 is 1.93 bits per heavy atom. The molecule has 0 saturated heterocycles. The average Bonchev–Trinajstić information content (AvgIpc) is 3.33. The zero-order valence-corrected chi connectivity index (χ0v) is 16.2. The third-order valence-corrected chi connectivity index (χ3v) is 5.57. The van der Waals surface area contributed by atoms with Gasteiger partial charge in [-0.25, -0.2) is 9.59 Å². The van der Waals surface area contributed by atoms with Gasteiger partial charge in [0, 0.05) is 23.7 Å². The summed E-state index contributed by atoms with van der Waals surface area (Å²) in [5.74, 6) is 0.644. The van der Waals surface area contributed by atoms with E-state index in [0.29, 0.717) is 5.82 Å². The molecule has 0 aliphatic heterocycles. The second kappa shape index (κ2) is 8.98. The number of aromatic amines is 1. The Hall–Kier alpha value is -3.03. The van der Waals surface area contributed by atoms with Crippen LogP contribution in [0.5, 0.6) is 0 Å². The van der Waals surface area contributed by atoms with E-state index in [1.54, 1.807) is 0 Å². The van der Waals surface area contributed by atoms with Crippen molar-refractivity contribution in [1.82, 2.24) is 15.5 Å². The molecule has 8 heteroatoms. The second-order valence-electron chi connectivity index (χ2n) is 7.70. The third kappa shape index (κ3) is 5.28. The standard InChI is InChI=1S/C21H26N4O4/c26-20(28-13-14-5-2-1-3-6-14)23-19-12-18(24-25-19)15-9-10-17(11-15)29-21(27)22-16-7-4-8-16/h1-3,5-6,12,15-17H,4,7-11,13H2,(H,22,27)(H2,23,24,25,26)/t15-,17+/m0/s1. The van der Waals surface area contributed by atoms with Crippen LogP contribution >= 0.6 is 0 Å². The lowest BCUT2D eigenvalue weighted by Crippen LogP contribution is -2.40. The van der Waals surface area contributed by atoms with Crippen LogP contribution in [0.4, 0.5) is 15.4 Å². The molecule has 2 aromatic rings. The summed E-state index contributed by atoms with van der Waals surface area (Å²) in [5.41, 5.74) is 1.84. The molecule has 3 N–H and O–H groups in total. The van der Waals surface area contributed by atoms with Crippen molar-refractivity contribution in [3.05, 3.63) is 47.7 Å². The maximum atomic E-state index is 12.0. The molecular weight excluding hydrogens is 372 g/mol. The minimum absolute atomic E-state index is 0.0874. The fourth-order valence-electron chi connectivity index (χ4n) is 3.71. The topological polar surface area (TPSA) is 105 Å². The molecule has 154 valence electrons. The minimum Gasteiger partial charge on any atom is -0.446 e. The van der Waals surface area contributed by atoms with Crippen LogP contribution in [0.3, 0.4) is 0 Å². The number of carbonyl (C=O) groups excluding carboxylic acids is 2. The van der Waals surface area contributed by atoms with Crippen molar-refractivity contribution in [3.63, 3.8) is 0 Å². The number of nitrogens with one attached hydrogen (secondary N) is 3. The number of hydrogen-bond donors (Lipinski definition) is 3. The van der Waals surface area contributed by atoms with Crippen molar-refractivity contribution in [2.75, 3.05) is 5.32 Å². The number of rotatable bonds is 6. The van der Waals surface area contributed by atoms with E-state index < -0.39 is 6.09 Å². The van der Waals surface area contributed by atoms with E-state index >= 15 is 0 Å². The zero-order valence-electron chi connectivity index (χ0n) is 16.2. The summed E-state index contributed by atoms with van der Waals surface area (Å²) in [7, 11) is 0. The molecule has 1 heterocycles. The number of anilines is 1. The van der Waals surface area contributed by atoms with Crippen molar-refractivity contribution in [1.29, 1.82) is 0 Å². The quantitative estimate of drug-likeness (QED) is 0.680. The van der Waals surface area contributed by atoms with Gasteiger partial charge < -0.3 is 14.8 Å². The first-order valence-electron chi connectivity index (χ1n) is 10.2. The second-order valence-corrected chi connectivity index (χ2v) is 7.70. The Bertz CT molecular complexity index is 834. The Kier molecular flexibility index (Phi) is 5.97. The fourth-order valence-corrected chi connectivity index (χ4v) is 3.71. The summed E-state index contributed by atoms with van der Waals surface area (Å²) in [6, 6.07) is 11.6. The molecule has 0 bridgehead atoms. The highest BCUT2D eigenvalue weighted by Gasteiger charge is 2.31. The smallest absolute Gasteiger partial charge is 0.413 e. The highest BCUT2D eigenvalue weighted by Crippen LogP contribution is 2.36. The van der Waals surface area contributed by atoms with Gasteiger partial charge in [0.2, 0.25) is 0 Å². The first-order chi connectivity index (χ1) is 14.2. The molecule has 2 amide bonds. The van der Waals surface area contributed by atoms with E-state index in [1.807, 2.05) is 36.4 Å². The number of alkyl carbamates (subject to hydrolysis) is 1. The maximum Gasteiger partial charge on any atom is 0.413 e. The summed E-state index contributed by atoms with van der Waals surface area (Å²) >= 11 is 0. The Labute approximate surface area is 169 Å². The van der Waals surface area contributed by atoms with Gasteiger partial charge in [0.05, 0.1) is 0 Å². The van der Waals surface area contributed by atoms with Crippen LogP contribution in [0.15, 0.2) is 36.4 Å². The van der Waals surface area contributed by atoms with E-state index in [-0.39, 0.29) is 30.8 Å². The molecule has 2 atom stereocenters. The normalized spacial score (nSPS) is 21.2. The number of amides is 2. The number of aromatic nitrogens is 2. The molecule has 0 spiro atoms. The summed E-state index contributed by atoms with van der Waals surface area (Å²) in [4.78, 5) is 23.9. The van der Waals surface area contributed by atoms with Gasteiger partial charge in [0.1, 0.15) is 12.7 Å². The first kappa shape index (κ1) is 19.3. The van der Waals surface area contributed by atoms with Crippen LogP contribution in [0.1, 0.15) is 55.7 Å². The van der Waals surface area contributed by atoms with Crippen molar-refractivity contribution >= 4 is 18.0 Å². The van der Waals surface area contributed by atoms with Crippen LogP contribution in [-0.2, 0) is 16.1 Å². The lowest BCUT2D eigenvalue weighted by molar-refractivity contribution is 0.0932. The Morgan fingerprint density at radius 1 is 1.10 bits per heavy atom. The van der Waals surface area contributed by atoms with Crippen molar-refractivity contribution < 1.29 is 19.1 Å². The van der Waals surface area contributed by atoms with Gasteiger partial charge in [-0.2, -0.15) is 5.10 Å². The Balaban J connectivity index is 1.21. The fraction of sp³-hybridized carbons (Fsp3) is 0.476. The van der Waals surface area contributed by atoms with Gasteiger partial charge in [-0.1, -0.05) is 30.3 Å². The van der Waals surface area contributed by atoms with E-state index in [2.05, 4.69) is 20.8 Å². The molecule has 8 nitrogen and oxygen atoms in total. The van der Waals surface area contributed by atoms with E-state index in [4.69, 9.17) is 9.47 Å². The van der Waals surface area contributed by atoms with Gasteiger partial charge in [-0.05, 0) is 44.1 Å². The van der Waals surface area contributed by atoms with Crippen LogP contribution in [0, 0.1) is 0 Å². The van der Waals surface area contributed by atoms with Crippen LogP contribution in [0.25, 0.3) is 0 Å². The van der Waals surface area contributed by atoms with E-state index in [9.17, 15) is 9.59 Å². The largest absolute Gasteiger partial charge is 0.446 e. The summed E-state index contributed by atoms with van der Waals surface area (Å²) < 4.78 is 10.7. The minimum atomic E-state index is -0.549. The van der Waals surface area contributed by atoms with Crippen molar-refractivity contribution in [3.8, 4) is 0 Å². The molecule has 1 aromatic carbocycles. The number of hydrogen-bond acceptors (Lipinski definition) is 5. The van der Waals surface area contributed by atoms with Gasteiger partial charge in [0.15, 0.2) is 5.82 Å². The Morgan fingerprint density at radius 3 is 2.69 bits per heavy atom. The monoisotopic (exact) mass is 398 g/mol. The zero-order chi connectivity index (χ0) is 20.1. The highest BCUT2D eigenvalue weighted by atomic mass is 16.6. The highest BCUT2D eigenvalue weighted by molar-refractivity contribution is 5.83. The maximum absolute atomic E-state index is 12.0. The first-order valence-corrected chi connectivity index (χ1v) is 10.2. The predicted octanol–water partition coefficient (Wildman–Crippen LogP) is 4.07. The molecule has 0 unspecified atom stereocenters. The van der Waals surface area contributed by atoms with Gasteiger partial charge in [0.25, 0.3) is 0 Å². The molecule has 2 fully saturated rings. The molecule has 29 heavy (non-hydrogen) atoms. The molecule has 2 aliphatic carbocycles. The lowest BCUT2D eigenvalue weighted by atomic mass is 9.93. The number of benzene rings is 1. The van der Waals surface area contributed by atoms with Crippen LogP contribution in [0.2, 0.25) is 0 Å². The summed E-state index contributed by atoms with van der Waals surface area (Å²) in [6.07, 6.45) is 4.78. The average molecular weight is 398 g/mol. The van der Waals surface area contributed by atoms with Gasteiger partial charge in [-0.15, -0.1) is 0 Å². The van der Waals surface area contributed by atoms with E-state index in [0.717, 1.165) is 43.4 Å². The summed E-state index contributed by atoms with van der Waals surface area (Å²) in [6.45, 7) is 0.203. The number of H-pyrrole nitrogens is 1. The van der Waals surface area contributed by atoms with Gasteiger partial charge in [-0.3, -0.25) is 10.4 Å². The molecular formula is C21H26N4O4. The lowest BCUT2D eigenvalue weighted by Gasteiger charge is -2.26. The SMILES string of the molecule is O=C(Nc1cc([C@H]2CC[C@@H](OC(=O)NC3CCC3)C2)[nH]n1)OCc1ccccc1. The number of carbonyl (C=O) groups is 2. The molecule has 2 aliphatic rings. The van der Waals surface area contributed by atoms with E-state index in [1.165, 1.54) is 6.42 Å². The molecule has 4 rings (SSSR count). The molecule has 1 aromatic heterocycles. The van der Waals surface area contributed by atoms with Gasteiger partial charge >= 0.3 is 12.2 Å². The predicted molar refractivity (Wildman–Crippen MR) is 106 cm³/mol.